The molecule has 0 unspecified atom stereocenters. The van der Waals surface area contributed by atoms with Crippen molar-refractivity contribution in [2.45, 2.75) is 39.0 Å². The second kappa shape index (κ2) is 9.09. The number of rotatable bonds is 8. The minimum absolute atomic E-state index is 0.0512. The number of amides is 1. The first-order valence-corrected chi connectivity index (χ1v) is 6.70. The molecule has 0 bridgehead atoms. The van der Waals surface area contributed by atoms with Gasteiger partial charge in [0.25, 0.3) is 0 Å². The number of hydrogen-bond donors (Lipinski definition) is 1. The van der Waals surface area contributed by atoms with Crippen LogP contribution in [0.4, 0.5) is 0 Å². The van der Waals surface area contributed by atoms with Crippen molar-refractivity contribution in [3.05, 3.63) is 48.2 Å². The number of hydrogen-bond acceptors (Lipinski definition) is 2. The fourth-order valence-electron chi connectivity index (χ4n) is 1.75. The number of benzene rings is 1. The number of ketones is 1. The van der Waals surface area contributed by atoms with Crippen LogP contribution in [0, 0.1) is 0 Å². The van der Waals surface area contributed by atoms with E-state index >= 15 is 0 Å². The first kappa shape index (κ1) is 15.2. The summed E-state index contributed by atoms with van der Waals surface area (Å²) in [5.74, 6) is 0.166. The fourth-order valence-corrected chi connectivity index (χ4v) is 1.75. The summed E-state index contributed by atoms with van der Waals surface area (Å²) >= 11 is 0. The van der Waals surface area contributed by atoms with Crippen LogP contribution >= 0.6 is 0 Å². The van der Waals surface area contributed by atoms with Crippen molar-refractivity contribution in [2.24, 2.45) is 0 Å². The summed E-state index contributed by atoms with van der Waals surface area (Å²) in [5.41, 5.74) is 0.799. The molecule has 0 atom stereocenters. The topological polar surface area (TPSA) is 46.2 Å². The third-order valence-corrected chi connectivity index (χ3v) is 2.77. The van der Waals surface area contributed by atoms with Gasteiger partial charge in [-0.2, -0.15) is 0 Å². The maximum atomic E-state index is 11.8. The normalized spacial score (nSPS) is 10.6. The zero-order chi connectivity index (χ0) is 13.9. The molecular weight excluding hydrogens is 238 g/mol. The van der Waals surface area contributed by atoms with Crippen LogP contribution in [0.5, 0.6) is 0 Å². The number of unbranched alkanes of at least 4 members (excludes halogenated alkanes) is 3. The molecule has 0 heterocycles. The summed E-state index contributed by atoms with van der Waals surface area (Å²) in [6.45, 7) is 1.49. The minimum Gasteiger partial charge on any atom is -0.333 e. The Kier molecular flexibility index (Phi) is 7.25. The summed E-state index contributed by atoms with van der Waals surface area (Å²) in [4.78, 5) is 22.4. The molecule has 1 aromatic rings. The minimum atomic E-state index is -0.0512. The Labute approximate surface area is 114 Å². The van der Waals surface area contributed by atoms with Crippen molar-refractivity contribution in [3.63, 3.8) is 0 Å². The van der Waals surface area contributed by atoms with E-state index in [1.165, 1.54) is 6.92 Å². The molecule has 0 radical (unpaired) electrons. The second-order valence-electron chi connectivity index (χ2n) is 4.49. The average molecular weight is 259 g/mol. The van der Waals surface area contributed by atoms with E-state index in [9.17, 15) is 9.59 Å². The van der Waals surface area contributed by atoms with Gasteiger partial charge in [-0.15, -0.1) is 0 Å². The van der Waals surface area contributed by atoms with Gasteiger partial charge in [0, 0.05) is 18.9 Å². The Morgan fingerprint density at radius 2 is 1.84 bits per heavy atom. The van der Waals surface area contributed by atoms with Crippen molar-refractivity contribution < 1.29 is 9.59 Å². The fraction of sp³-hybridized carbons (Fsp3) is 0.375. The molecule has 1 amide bonds. The molecule has 0 aliphatic carbocycles. The van der Waals surface area contributed by atoms with Crippen LogP contribution in [0.25, 0.3) is 0 Å². The SMILES string of the molecule is CC(=O)NC=CCCCCCC(=O)c1ccccc1. The van der Waals surface area contributed by atoms with E-state index in [-0.39, 0.29) is 11.7 Å². The Morgan fingerprint density at radius 1 is 1.11 bits per heavy atom. The molecule has 102 valence electrons. The molecule has 1 rings (SSSR count). The first-order chi connectivity index (χ1) is 9.20. The van der Waals surface area contributed by atoms with Gasteiger partial charge in [0.05, 0.1) is 0 Å². The maximum absolute atomic E-state index is 11.8. The molecule has 0 fully saturated rings. The number of allylic oxidation sites excluding steroid dienone is 1. The van der Waals surface area contributed by atoms with Crippen LogP contribution in [-0.4, -0.2) is 11.7 Å². The van der Waals surface area contributed by atoms with Crippen LogP contribution in [0.1, 0.15) is 49.4 Å². The largest absolute Gasteiger partial charge is 0.333 e. The summed E-state index contributed by atoms with van der Waals surface area (Å²) in [6, 6.07) is 9.41. The van der Waals surface area contributed by atoms with E-state index in [1.807, 2.05) is 36.4 Å². The number of Topliss-reactive ketones (excluding diaryl/α,β-unsaturated/α-hetero) is 1. The average Bonchev–Trinajstić information content (AvgIpc) is 2.42. The summed E-state index contributed by atoms with van der Waals surface area (Å²) < 4.78 is 0. The van der Waals surface area contributed by atoms with Crippen LogP contribution in [-0.2, 0) is 4.79 Å². The molecule has 0 saturated heterocycles. The monoisotopic (exact) mass is 259 g/mol. The quantitative estimate of drug-likeness (QED) is 0.574. The standard InChI is InChI=1S/C16H21NO2/c1-14(18)17-13-9-4-2-3-8-12-16(19)15-10-6-5-7-11-15/h5-7,9-11,13H,2-4,8,12H2,1H3,(H,17,18). The zero-order valence-electron chi connectivity index (χ0n) is 11.4. The van der Waals surface area contributed by atoms with Gasteiger partial charge in [-0.05, 0) is 25.5 Å². The first-order valence-electron chi connectivity index (χ1n) is 6.70. The molecule has 0 aliphatic heterocycles. The lowest BCUT2D eigenvalue weighted by atomic mass is 10.0. The van der Waals surface area contributed by atoms with Crippen molar-refractivity contribution in [1.82, 2.24) is 5.32 Å². The molecule has 1 N–H and O–H groups in total. The van der Waals surface area contributed by atoms with Crippen molar-refractivity contribution in [3.8, 4) is 0 Å². The van der Waals surface area contributed by atoms with E-state index < -0.39 is 0 Å². The highest BCUT2D eigenvalue weighted by molar-refractivity contribution is 5.95. The van der Waals surface area contributed by atoms with E-state index in [0.29, 0.717) is 6.42 Å². The van der Waals surface area contributed by atoms with Crippen LogP contribution in [0.2, 0.25) is 0 Å². The molecule has 3 heteroatoms. The third kappa shape index (κ3) is 7.19. The lowest BCUT2D eigenvalue weighted by molar-refractivity contribution is -0.118. The van der Waals surface area contributed by atoms with Crippen LogP contribution < -0.4 is 5.32 Å². The van der Waals surface area contributed by atoms with E-state index in [2.05, 4.69) is 5.32 Å². The number of carbonyl (C=O) groups is 2. The summed E-state index contributed by atoms with van der Waals surface area (Å²) in [7, 11) is 0. The summed E-state index contributed by atoms with van der Waals surface area (Å²) in [6.07, 6.45) is 8.15. The van der Waals surface area contributed by atoms with Crippen molar-refractivity contribution >= 4 is 11.7 Å². The van der Waals surface area contributed by atoms with Gasteiger partial charge in [-0.25, -0.2) is 0 Å². The predicted molar refractivity (Wildman–Crippen MR) is 76.8 cm³/mol. The third-order valence-electron chi connectivity index (χ3n) is 2.77. The zero-order valence-corrected chi connectivity index (χ0v) is 11.4. The predicted octanol–water partition coefficient (Wildman–Crippen LogP) is 3.47. The van der Waals surface area contributed by atoms with E-state index in [1.54, 1.807) is 6.20 Å². The molecule has 0 aromatic heterocycles. The smallest absolute Gasteiger partial charge is 0.220 e. The van der Waals surface area contributed by atoms with Gasteiger partial charge in [0.2, 0.25) is 5.91 Å². The van der Waals surface area contributed by atoms with Gasteiger partial charge in [-0.3, -0.25) is 9.59 Å². The molecule has 3 nitrogen and oxygen atoms in total. The Bertz CT molecular complexity index is 424. The summed E-state index contributed by atoms with van der Waals surface area (Å²) in [5, 5.41) is 2.60. The number of nitrogens with one attached hydrogen (secondary N) is 1. The van der Waals surface area contributed by atoms with Gasteiger partial charge in [0.15, 0.2) is 5.78 Å². The molecular formula is C16H21NO2. The Balaban J connectivity index is 2.07. The highest BCUT2D eigenvalue weighted by Crippen LogP contribution is 2.09. The molecule has 0 spiro atoms. The lowest BCUT2D eigenvalue weighted by Gasteiger charge is -2.00. The van der Waals surface area contributed by atoms with Gasteiger partial charge in [0.1, 0.15) is 0 Å². The molecule has 0 saturated carbocycles. The molecule has 1 aromatic carbocycles. The number of carbonyl (C=O) groups excluding carboxylic acids is 2. The van der Waals surface area contributed by atoms with E-state index in [0.717, 1.165) is 31.2 Å². The second-order valence-corrected chi connectivity index (χ2v) is 4.49. The highest BCUT2D eigenvalue weighted by Gasteiger charge is 2.03. The Hall–Kier alpha value is -1.90. The Morgan fingerprint density at radius 3 is 2.53 bits per heavy atom. The molecule has 19 heavy (non-hydrogen) atoms. The van der Waals surface area contributed by atoms with Gasteiger partial charge >= 0.3 is 0 Å². The van der Waals surface area contributed by atoms with Crippen molar-refractivity contribution in [2.75, 3.05) is 0 Å². The van der Waals surface area contributed by atoms with Crippen LogP contribution in [0.15, 0.2) is 42.6 Å². The maximum Gasteiger partial charge on any atom is 0.220 e. The van der Waals surface area contributed by atoms with Gasteiger partial charge in [-0.1, -0.05) is 42.8 Å². The lowest BCUT2D eigenvalue weighted by Crippen LogP contribution is -2.11. The van der Waals surface area contributed by atoms with Crippen molar-refractivity contribution in [1.29, 1.82) is 0 Å². The highest BCUT2D eigenvalue weighted by atomic mass is 16.1. The molecule has 0 aliphatic rings. The van der Waals surface area contributed by atoms with Crippen LogP contribution in [0.3, 0.4) is 0 Å². The van der Waals surface area contributed by atoms with E-state index in [4.69, 9.17) is 0 Å². The van der Waals surface area contributed by atoms with Gasteiger partial charge < -0.3 is 5.32 Å².